The molecule has 0 heterocycles. The lowest BCUT2D eigenvalue weighted by atomic mass is 10.2. The minimum atomic E-state index is -0.262. The van der Waals surface area contributed by atoms with E-state index in [1.807, 2.05) is 30.3 Å². The highest BCUT2D eigenvalue weighted by molar-refractivity contribution is 8.17. The van der Waals surface area contributed by atoms with Gasteiger partial charge in [-0.15, -0.1) is 23.5 Å². The maximum atomic E-state index is 13.4. The van der Waals surface area contributed by atoms with Gasteiger partial charge in [-0.2, -0.15) is 4.40 Å². The van der Waals surface area contributed by atoms with E-state index in [9.17, 15) is 8.78 Å². The van der Waals surface area contributed by atoms with Crippen LogP contribution in [-0.2, 0) is 4.74 Å². The number of benzene rings is 3. The summed E-state index contributed by atoms with van der Waals surface area (Å²) in [7, 11) is 0. The molecule has 0 fully saturated rings. The van der Waals surface area contributed by atoms with E-state index in [-0.39, 0.29) is 22.3 Å². The van der Waals surface area contributed by atoms with Crippen molar-refractivity contribution in [2.75, 3.05) is 0 Å². The second-order valence-corrected chi connectivity index (χ2v) is 11.4. The van der Waals surface area contributed by atoms with Crippen LogP contribution in [0, 0.1) is 11.6 Å². The summed E-state index contributed by atoms with van der Waals surface area (Å²) in [5.41, 5.74) is 0. The zero-order valence-electron chi connectivity index (χ0n) is 19.3. The van der Waals surface area contributed by atoms with Crippen molar-refractivity contribution in [3.8, 4) is 0 Å². The summed E-state index contributed by atoms with van der Waals surface area (Å²) in [6.07, 6.45) is 3.80. The molecule has 1 unspecified atom stereocenters. The van der Waals surface area contributed by atoms with Crippen LogP contribution in [0.5, 0.6) is 0 Å². The average molecular weight is 518 g/mol. The molecule has 0 aliphatic carbocycles. The van der Waals surface area contributed by atoms with Crippen molar-refractivity contribution in [1.82, 2.24) is 0 Å². The Kier molecular flexibility index (Phi) is 11.3. The fourth-order valence-electron chi connectivity index (χ4n) is 3.05. The van der Waals surface area contributed by atoms with Gasteiger partial charge in [0.2, 0.25) is 0 Å². The predicted octanol–water partition coefficient (Wildman–Crippen LogP) is 9.27. The fourth-order valence-corrected chi connectivity index (χ4v) is 6.16. The smallest absolute Gasteiger partial charge is 0.197 e. The molecule has 0 aromatic heterocycles. The summed E-state index contributed by atoms with van der Waals surface area (Å²) in [5, 5.41) is 0. The molecule has 180 valence electrons. The lowest BCUT2D eigenvalue weighted by Gasteiger charge is -2.21. The summed E-state index contributed by atoms with van der Waals surface area (Å²) in [6.45, 7) is 4.25. The van der Waals surface area contributed by atoms with Gasteiger partial charge in [-0.25, -0.2) is 8.78 Å². The van der Waals surface area contributed by atoms with Gasteiger partial charge in [0.25, 0.3) is 0 Å². The first-order valence-electron chi connectivity index (χ1n) is 11.3. The molecule has 3 aromatic rings. The first-order chi connectivity index (χ1) is 16.5. The lowest BCUT2D eigenvalue weighted by Crippen LogP contribution is -2.18. The largest absolute Gasteiger partial charge is 0.477 e. The summed E-state index contributed by atoms with van der Waals surface area (Å²) >= 11 is 4.65. The zero-order chi connectivity index (χ0) is 24.2. The van der Waals surface area contributed by atoms with Gasteiger partial charge >= 0.3 is 0 Å². The van der Waals surface area contributed by atoms with Crippen LogP contribution in [0.3, 0.4) is 0 Å². The SMILES string of the molecule is CCCCC(C)O/C(CC(Sc1ccc(F)cc1)Sc1ccc(F)cc1)=N\Sc1ccccc1. The number of ether oxygens (including phenoxy) is 1. The van der Waals surface area contributed by atoms with E-state index >= 15 is 0 Å². The second-order valence-electron chi connectivity index (χ2n) is 7.74. The van der Waals surface area contributed by atoms with E-state index in [0.29, 0.717) is 12.3 Å². The quantitative estimate of drug-likeness (QED) is 0.0784. The monoisotopic (exact) mass is 517 g/mol. The highest BCUT2D eigenvalue weighted by Crippen LogP contribution is 2.38. The van der Waals surface area contributed by atoms with E-state index < -0.39 is 0 Å². The van der Waals surface area contributed by atoms with E-state index in [1.165, 1.54) is 36.2 Å². The Hall–Kier alpha value is -1.96. The third kappa shape index (κ3) is 9.72. The molecular weight excluding hydrogens is 489 g/mol. The molecule has 0 spiro atoms. The van der Waals surface area contributed by atoms with Gasteiger partial charge in [-0.1, -0.05) is 38.0 Å². The van der Waals surface area contributed by atoms with Crippen molar-refractivity contribution in [2.45, 2.75) is 64.9 Å². The fraction of sp³-hybridized carbons (Fsp3) is 0.296. The Bertz CT molecular complexity index is 967. The van der Waals surface area contributed by atoms with E-state index in [0.717, 1.165) is 33.9 Å². The molecule has 3 aromatic carbocycles. The predicted molar refractivity (Wildman–Crippen MR) is 143 cm³/mol. The van der Waals surface area contributed by atoms with Gasteiger partial charge < -0.3 is 4.74 Å². The van der Waals surface area contributed by atoms with Crippen molar-refractivity contribution >= 4 is 41.4 Å². The summed E-state index contributed by atoms with van der Waals surface area (Å²) in [4.78, 5) is 2.95. The van der Waals surface area contributed by atoms with Gasteiger partial charge in [0, 0.05) is 33.1 Å². The van der Waals surface area contributed by atoms with E-state index in [1.54, 1.807) is 47.8 Å². The first-order valence-corrected chi connectivity index (χ1v) is 13.8. The lowest BCUT2D eigenvalue weighted by molar-refractivity contribution is 0.190. The van der Waals surface area contributed by atoms with Crippen molar-refractivity contribution < 1.29 is 13.5 Å². The van der Waals surface area contributed by atoms with Crippen LogP contribution >= 0.6 is 35.5 Å². The van der Waals surface area contributed by atoms with Crippen LogP contribution in [0.15, 0.2) is 97.9 Å². The first kappa shape index (κ1) is 26.6. The molecular formula is C27H29F2NOS3. The molecule has 7 heteroatoms. The van der Waals surface area contributed by atoms with Crippen LogP contribution in [0.1, 0.15) is 39.5 Å². The third-order valence-electron chi connectivity index (χ3n) is 4.80. The maximum Gasteiger partial charge on any atom is 0.197 e. The Morgan fingerprint density at radius 3 is 1.91 bits per heavy atom. The minimum Gasteiger partial charge on any atom is -0.477 e. The van der Waals surface area contributed by atoms with Crippen LogP contribution in [-0.4, -0.2) is 16.6 Å². The Balaban J connectivity index is 1.80. The van der Waals surface area contributed by atoms with Crippen molar-refractivity contribution in [1.29, 1.82) is 0 Å². The number of rotatable bonds is 12. The van der Waals surface area contributed by atoms with Gasteiger partial charge in [-0.05, 0) is 74.0 Å². The van der Waals surface area contributed by atoms with Gasteiger partial charge in [0.15, 0.2) is 5.90 Å². The van der Waals surface area contributed by atoms with Crippen LogP contribution in [0.25, 0.3) is 0 Å². The topological polar surface area (TPSA) is 21.6 Å². The molecule has 0 radical (unpaired) electrons. The Morgan fingerprint density at radius 1 is 0.824 bits per heavy atom. The van der Waals surface area contributed by atoms with Crippen LogP contribution in [0.2, 0.25) is 0 Å². The molecule has 0 amide bonds. The molecule has 0 aliphatic rings. The number of thioether (sulfide) groups is 2. The summed E-state index contributed by atoms with van der Waals surface area (Å²) in [5.74, 6) is 0.148. The average Bonchev–Trinajstić information content (AvgIpc) is 2.84. The van der Waals surface area contributed by atoms with Crippen molar-refractivity contribution in [3.05, 3.63) is 90.5 Å². The van der Waals surface area contributed by atoms with Crippen molar-refractivity contribution in [3.63, 3.8) is 0 Å². The van der Waals surface area contributed by atoms with Gasteiger partial charge in [-0.3, -0.25) is 0 Å². The van der Waals surface area contributed by atoms with Gasteiger partial charge in [0.1, 0.15) is 11.6 Å². The number of hydrogen-bond acceptors (Lipinski definition) is 5. The van der Waals surface area contributed by atoms with E-state index in [4.69, 9.17) is 9.13 Å². The number of unbranched alkanes of at least 4 members (excludes halogenated alkanes) is 1. The molecule has 0 saturated heterocycles. The number of halogens is 2. The molecule has 0 N–H and O–H groups in total. The minimum absolute atomic E-state index is 0.00409. The standard InChI is InChI=1S/C27H29F2NOS3/c1-3-4-8-20(2)31-26(30-34-25-9-6-5-7-10-25)19-27(32-23-15-11-21(28)12-16-23)33-24-17-13-22(29)14-18-24/h5-7,9-18,20,27H,3-4,8,19H2,1-2H3/b30-26-. The Labute approximate surface area is 214 Å². The maximum absolute atomic E-state index is 13.4. The summed E-state index contributed by atoms with van der Waals surface area (Å²) in [6, 6.07) is 22.9. The van der Waals surface area contributed by atoms with E-state index in [2.05, 4.69) is 13.8 Å². The molecule has 0 saturated carbocycles. The molecule has 0 bridgehead atoms. The zero-order valence-corrected chi connectivity index (χ0v) is 21.8. The van der Waals surface area contributed by atoms with Crippen LogP contribution < -0.4 is 0 Å². The molecule has 34 heavy (non-hydrogen) atoms. The normalized spacial score (nSPS) is 12.7. The molecule has 3 rings (SSSR count). The summed E-state index contributed by atoms with van der Waals surface area (Å²) < 4.78 is 37.9. The highest BCUT2D eigenvalue weighted by atomic mass is 32.2. The number of hydrogen-bond donors (Lipinski definition) is 0. The molecule has 1 atom stereocenters. The molecule has 0 aliphatic heterocycles. The number of nitrogens with zero attached hydrogens (tertiary/aromatic N) is 1. The van der Waals surface area contributed by atoms with Crippen molar-refractivity contribution in [2.24, 2.45) is 4.40 Å². The molecule has 2 nitrogen and oxygen atoms in total. The highest BCUT2D eigenvalue weighted by Gasteiger charge is 2.19. The van der Waals surface area contributed by atoms with Gasteiger partial charge in [0.05, 0.1) is 10.7 Å². The van der Waals surface area contributed by atoms with Crippen LogP contribution in [0.4, 0.5) is 8.78 Å². The Morgan fingerprint density at radius 2 is 1.38 bits per heavy atom. The second kappa shape index (κ2) is 14.4. The third-order valence-corrected chi connectivity index (χ3v) is 8.10.